The van der Waals surface area contributed by atoms with E-state index in [0.717, 1.165) is 19.3 Å². The summed E-state index contributed by atoms with van der Waals surface area (Å²) in [7, 11) is 0. The van der Waals surface area contributed by atoms with Crippen LogP contribution in [0.25, 0.3) is 0 Å². The second-order valence-corrected chi connectivity index (χ2v) is 6.77. The monoisotopic (exact) mass is 262 g/mol. The summed E-state index contributed by atoms with van der Waals surface area (Å²) in [6, 6.07) is 0. The summed E-state index contributed by atoms with van der Waals surface area (Å²) < 4.78 is 5.11. The molecule has 0 bridgehead atoms. The number of hydrogen-bond acceptors (Lipinski definition) is 2. The fraction of sp³-hybridized carbons (Fsp3) is 0.706. The molecular weight excluding hydrogens is 236 g/mol. The Labute approximate surface area is 116 Å². The summed E-state index contributed by atoms with van der Waals surface area (Å²) in [6.07, 6.45) is 9.30. The van der Waals surface area contributed by atoms with Crippen LogP contribution in [0.5, 0.6) is 0 Å². The van der Waals surface area contributed by atoms with Gasteiger partial charge in [-0.1, -0.05) is 32.1 Å². The molecule has 1 fully saturated rings. The lowest BCUT2D eigenvalue weighted by atomic mass is 9.51. The molecule has 2 aliphatic rings. The highest BCUT2D eigenvalue weighted by Crippen LogP contribution is 2.59. The highest BCUT2D eigenvalue weighted by Gasteiger charge is 2.48. The first-order chi connectivity index (χ1) is 8.87. The van der Waals surface area contributed by atoms with Crippen molar-refractivity contribution >= 4 is 5.97 Å². The number of carbonyl (C=O) groups excluding carboxylic acids is 1. The topological polar surface area (TPSA) is 26.3 Å². The Morgan fingerprint density at radius 2 is 2.11 bits per heavy atom. The molecule has 0 aromatic rings. The van der Waals surface area contributed by atoms with E-state index in [0.29, 0.717) is 12.0 Å². The third-order valence-electron chi connectivity index (χ3n) is 5.33. The maximum Gasteiger partial charge on any atom is 0.302 e. The van der Waals surface area contributed by atoms with Crippen molar-refractivity contribution in [2.45, 2.75) is 59.3 Å². The fourth-order valence-corrected chi connectivity index (χ4v) is 3.86. The minimum Gasteiger partial charge on any atom is -0.461 e. The first-order valence-corrected chi connectivity index (χ1v) is 7.37. The van der Waals surface area contributed by atoms with Gasteiger partial charge in [-0.05, 0) is 54.9 Å². The van der Waals surface area contributed by atoms with Crippen LogP contribution in [0.2, 0.25) is 0 Å². The average molecular weight is 262 g/mol. The van der Waals surface area contributed by atoms with Crippen molar-refractivity contribution in [3.8, 4) is 0 Å². The average Bonchev–Trinajstić information content (AvgIpc) is 2.35. The molecule has 0 saturated heterocycles. The lowest BCUT2D eigenvalue weighted by Crippen LogP contribution is -2.43. The molecule has 1 spiro atoms. The van der Waals surface area contributed by atoms with Crippen molar-refractivity contribution in [2.75, 3.05) is 6.61 Å². The summed E-state index contributed by atoms with van der Waals surface area (Å²) in [5, 5.41) is 0. The first-order valence-electron chi connectivity index (χ1n) is 7.37. The van der Waals surface area contributed by atoms with Gasteiger partial charge in [0.2, 0.25) is 0 Å². The van der Waals surface area contributed by atoms with Gasteiger partial charge in [0.25, 0.3) is 0 Å². The van der Waals surface area contributed by atoms with Gasteiger partial charge in [0.1, 0.15) is 6.61 Å². The Morgan fingerprint density at radius 1 is 1.37 bits per heavy atom. The molecule has 1 unspecified atom stereocenters. The number of carbonyl (C=O) groups is 1. The molecule has 2 aliphatic carbocycles. The fourth-order valence-electron chi connectivity index (χ4n) is 3.86. The van der Waals surface area contributed by atoms with Crippen molar-refractivity contribution in [3.05, 3.63) is 23.8 Å². The van der Waals surface area contributed by atoms with Gasteiger partial charge in [-0.2, -0.15) is 0 Å². The van der Waals surface area contributed by atoms with Crippen LogP contribution in [0.15, 0.2) is 23.8 Å². The van der Waals surface area contributed by atoms with Gasteiger partial charge in [0, 0.05) is 6.92 Å². The normalized spacial score (nSPS) is 30.1. The molecule has 2 rings (SSSR count). The van der Waals surface area contributed by atoms with Crippen LogP contribution in [-0.4, -0.2) is 12.6 Å². The lowest BCUT2D eigenvalue weighted by Gasteiger charge is -2.53. The number of ether oxygens (including phenoxy) is 1. The zero-order valence-electron chi connectivity index (χ0n) is 12.6. The molecule has 106 valence electrons. The zero-order valence-corrected chi connectivity index (χ0v) is 12.6. The standard InChI is InChI=1S/C17H26O2/c1-13-6-5-9-16(3,4)17(13)10-7-15(8-11-17)12-19-14(2)18/h7H,1,5-6,8-12H2,2-4H3. The van der Waals surface area contributed by atoms with Gasteiger partial charge in [0.15, 0.2) is 0 Å². The number of allylic oxidation sites excluding steroid dienone is 2. The van der Waals surface area contributed by atoms with Crippen LogP contribution >= 0.6 is 0 Å². The van der Waals surface area contributed by atoms with E-state index >= 15 is 0 Å². The van der Waals surface area contributed by atoms with Gasteiger partial charge in [0.05, 0.1) is 0 Å². The summed E-state index contributed by atoms with van der Waals surface area (Å²) in [6.45, 7) is 11.1. The first kappa shape index (κ1) is 14.4. The van der Waals surface area contributed by atoms with Crippen LogP contribution in [0.1, 0.15) is 59.3 Å². The Kier molecular flexibility index (Phi) is 3.89. The van der Waals surface area contributed by atoms with E-state index in [9.17, 15) is 4.79 Å². The smallest absolute Gasteiger partial charge is 0.302 e. The number of rotatable bonds is 2. The van der Waals surface area contributed by atoms with E-state index in [-0.39, 0.29) is 11.4 Å². The van der Waals surface area contributed by atoms with Gasteiger partial charge in [-0.15, -0.1) is 0 Å². The van der Waals surface area contributed by atoms with E-state index in [2.05, 4.69) is 26.5 Å². The van der Waals surface area contributed by atoms with Crippen molar-refractivity contribution in [2.24, 2.45) is 10.8 Å². The van der Waals surface area contributed by atoms with Crippen molar-refractivity contribution in [1.29, 1.82) is 0 Å². The number of hydrogen-bond donors (Lipinski definition) is 0. The molecule has 0 aliphatic heterocycles. The van der Waals surface area contributed by atoms with E-state index in [1.165, 1.54) is 37.3 Å². The van der Waals surface area contributed by atoms with Crippen molar-refractivity contribution in [1.82, 2.24) is 0 Å². The maximum atomic E-state index is 10.9. The molecule has 2 nitrogen and oxygen atoms in total. The minimum absolute atomic E-state index is 0.191. The zero-order chi connectivity index (χ0) is 14.1. The van der Waals surface area contributed by atoms with Gasteiger partial charge < -0.3 is 4.74 Å². The summed E-state index contributed by atoms with van der Waals surface area (Å²) in [4.78, 5) is 10.9. The van der Waals surface area contributed by atoms with E-state index in [1.54, 1.807) is 0 Å². The maximum absolute atomic E-state index is 10.9. The Balaban J connectivity index is 2.11. The Hall–Kier alpha value is -1.05. The van der Waals surface area contributed by atoms with Crippen LogP contribution < -0.4 is 0 Å². The second kappa shape index (κ2) is 5.15. The van der Waals surface area contributed by atoms with E-state index in [4.69, 9.17) is 4.74 Å². The quantitative estimate of drug-likeness (QED) is 0.544. The van der Waals surface area contributed by atoms with Crippen LogP contribution in [-0.2, 0) is 9.53 Å². The number of esters is 1. The highest BCUT2D eigenvalue weighted by atomic mass is 16.5. The molecule has 1 saturated carbocycles. The largest absolute Gasteiger partial charge is 0.461 e. The summed E-state index contributed by atoms with van der Waals surface area (Å²) >= 11 is 0. The van der Waals surface area contributed by atoms with Crippen molar-refractivity contribution in [3.63, 3.8) is 0 Å². The molecule has 0 radical (unpaired) electrons. The molecule has 0 N–H and O–H groups in total. The molecule has 0 aromatic heterocycles. The molecule has 1 atom stereocenters. The molecule has 0 aromatic carbocycles. The van der Waals surface area contributed by atoms with Gasteiger partial charge in [-0.3, -0.25) is 4.79 Å². The van der Waals surface area contributed by atoms with E-state index in [1.807, 2.05) is 0 Å². The molecular formula is C17H26O2. The second-order valence-electron chi connectivity index (χ2n) is 6.77. The Bertz CT molecular complexity index is 417. The molecule has 0 amide bonds. The third-order valence-corrected chi connectivity index (χ3v) is 5.33. The van der Waals surface area contributed by atoms with Crippen molar-refractivity contribution < 1.29 is 9.53 Å². The summed E-state index contributed by atoms with van der Waals surface area (Å²) in [5.41, 5.74) is 3.32. The molecule has 0 heterocycles. The predicted molar refractivity (Wildman–Crippen MR) is 77.8 cm³/mol. The Morgan fingerprint density at radius 3 is 2.63 bits per heavy atom. The summed E-state index contributed by atoms with van der Waals surface area (Å²) in [5.74, 6) is -0.191. The van der Waals surface area contributed by atoms with Gasteiger partial charge >= 0.3 is 5.97 Å². The van der Waals surface area contributed by atoms with Crippen LogP contribution in [0.4, 0.5) is 0 Å². The highest BCUT2D eigenvalue weighted by molar-refractivity contribution is 5.66. The van der Waals surface area contributed by atoms with Crippen LogP contribution in [0.3, 0.4) is 0 Å². The van der Waals surface area contributed by atoms with E-state index < -0.39 is 0 Å². The lowest BCUT2D eigenvalue weighted by molar-refractivity contribution is -0.140. The molecule has 19 heavy (non-hydrogen) atoms. The third kappa shape index (κ3) is 2.63. The molecule has 2 heteroatoms. The SMILES string of the molecule is C=C1CCCC(C)(C)C12CC=C(COC(C)=O)CC2. The minimum atomic E-state index is -0.191. The predicted octanol–water partition coefficient (Wildman–Crippen LogP) is 4.41. The van der Waals surface area contributed by atoms with Crippen LogP contribution in [0, 0.1) is 10.8 Å². The van der Waals surface area contributed by atoms with Gasteiger partial charge in [-0.25, -0.2) is 0 Å².